The highest BCUT2D eigenvalue weighted by atomic mass is 35.5. The summed E-state index contributed by atoms with van der Waals surface area (Å²) in [6, 6.07) is 7.55. The molecule has 3 heterocycles. The lowest BCUT2D eigenvalue weighted by molar-refractivity contribution is -0.137. The topological polar surface area (TPSA) is 71.3 Å². The Kier molecular flexibility index (Phi) is 6.13. The van der Waals surface area contributed by atoms with E-state index < -0.39 is 0 Å². The molecule has 8 heteroatoms. The molecule has 2 aliphatic rings. The van der Waals surface area contributed by atoms with Gasteiger partial charge in [0.05, 0.1) is 12.7 Å². The van der Waals surface area contributed by atoms with Crippen LogP contribution in [0.5, 0.6) is 0 Å². The molecule has 0 unspecified atom stereocenters. The summed E-state index contributed by atoms with van der Waals surface area (Å²) >= 11 is 6.19. The fraction of sp³-hybridized carbons (Fsp3) is 0.524. The molecule has 0 N–H and O–H groups in total. The molecule has 2 fully saturated rings. The molecular weight excluding hydrogens is 390 g/mol. The Hall–Kier alpha value is -2.41. The first-order valence-electron chi connectivity index (χ1n) is 10.3. The molecule has 1 aromatic heterocycles. The number of hydrogen-bond donors (Lipinski definition) is 0. The van der Waals surface area contributed by atoms with Crippen molar-refractivity contribution in [3.8, 4) is 0 Å². The normalized spacial score (nSPS) is 18.1. The first kappa shape index (κ1) is 19.9. The van der Waals surface area contributed by atoms with Crippen LogP contribution in [0, 0.1) is 5.92 Å². The van der Waals surface area contributed by atoms with E-state index in [1.54, 1.807) is 15.8 Å². The van der Waals surface area contributed by atoms with Crippen molar-refractivity contribution in [2.45, 2.75) is 38.6 Å². The molecule has 0 atom stereocenters. The first-order chi connectivity index (χ1) is 14.1. The van der Waals surface area contributed by atoms with Crippen LogP contribution < -0.4 is 0 Å². The standard InChI is InChI=1S/C21H26ClN5O2/c22-18-7-3-2-6-17(18)14-27-15-19(23-24-27)21(29)26-12-8-16(9-13-26)20(28)25-10-4-1-5-11-25/h2-3,6-7,15-16H,1,4-5,8-14H2. The van der Waals surface area contributed by atoms with E-state index in [9.17, 15) is 9.59 Å². The van der Waals surface area contributed by atoms with Gasteiger partial charge in [-0.1, -0.05) is 35.0 Å². The number of aromatic nitrogens is 3. The van der Waals surface area contributed by atoms with E-state index in [0.29, 0.717) is 30.4 Å². The Labute approximate surface area is 175 Å². The molecule has 4 rings (SSSR count). The Bertz CT molecular complexity index is 869. The SMILES string of the molecule is O=C(c1cn(Cc2ccccc2Cl)nn1)N1CCC(C(=O)N2CCCCC2)CC1. The highest BCUT2D eigenvalue weighted by Crippen LogP contribution is 2.23. The minimum absolute atomic E-state index is 0.0352. The highest BCUT2D eigenvalue weighted by molar-refractivity contribution is 6.31. The van der Waals surface area contributed by atoms with E-state index in [2.05, 4.69) is 10.3 Å². The molecule has 2 saturated heterocycles. The Morgan fingerprint density at radius 3 is 2.45 bits per heavy atom. The van der Waals surface area contributed by atoms with Gasteiger partial charge in [-0.15, -0.1) is 5.10 Å². The molecule has 2 aromatic rings. The van der Waals surface area contributed by atoms with Crippen LogP contribution in [0.2, 0.25) is 5.02 Å². The fourth-order valence-corrected chi connectivity index (χ4v) is 4.33. The minimum Gasteiger partial charge on any atom is -0.342 e. The number of rotatable bonds is 4. The number of hydrogen-bond acceptors (Lipinski definition) is 4. The Morgan fingerprint density at radius 1 is 1.00 bits per heavy atom. The van der Waals surface area contributed by atoms with Gasteiger partial charge in [0.15, 0.2) is 5.69 Å². The third-order valence-corrected chi connectivity index (χ3v) is 6.22. The largest absolute Gasteiger partial charge is 0.342 e. The number of likely N-dealkylation sites (tertiary alicyclic amines) is 2. The van der Waals surface area contributed by atoms with Crippen LogP contribution in [0.4, 0.5) is 0 Å². The van der Waals surface area contributed by atoms with Gasteiger partial charge in [-0.3, -0.25) is 9.59 Å². The quantitative estimate of drug-likeness (QED) is 0.769. The van der Waals surface area contributed by atoms with Crippen molar-refractivity contribution in [2.24, 2.45) is 5.92 Å². The molecule has 0 saturated carbocycles. The summed E-state index contributed by atoms with van der Waals surface area (Å²) < 4.78 is 1.63. The zero-order valence-corrected chi connectivity index (χ0v) is 17.2. The summed E-state index contributed by atoms with van der Waals surface area (Å²) in [6.07, 6.45) is 6.52. The lowest BCUT2D eigenvalue weighted by Gasteiger charge is -2.35. The minimum atomic E-state index is -0.126. The number of carbonyl (C=O) groups is 2. The van der Waals surface area contributed by atoms with E-state index in [1.165, 1.54) is 6.42 Å². The summed E-state index contributed by atoms with van der Waals surface area (Å²) in [5, 5.41) is 8.78. The summed E-state index contributed by atoms with van der Waals surface area (Å²) in [6.45, 7) is 3.40. The van der Waals surface area contributed by atoms with Gasteiger partial charge >= 0.3 is 0 Å². The van der Waals surface area contributed by atoms with Crippen molar-refractivity contribution in [3.63, 3.8) is 0 Å². The van der Waals surface area contributed by atoms with Gasteiger partial charge in [0.2, 0.25) is 5.91 Å². The predicted octanol–water partition coefficient (Wildman–Crippen LogP) is 2.84. The lowest BCUT2D eigenvalue weighted by Crippen LogP contribution is -2.45. The van der Waals surface area contributed by atoms with E-state index in [4.69, 9.17) is 11.6 Å². The van der Waals surface area contributed by atoms with Crippen molar-refractivity contribution in [1.29, 1.82) is 0 Å². The van der Waals surface area contributed by atoms with Crippen LogP contribution in [-0.4, -0.2) is 62.8 Å². The number of halogens is 1. The van der Waals surface area contributed by atoms with Gasteiger partial charge in [0, 0.05) is 37.1 Å². The van der Waals surface area contributed by atoms with Crippen LogP contribution in [0.25, 0.3) is 0 Å². The van der Waals surface area contributed by atoms with Crippen LogP contribution in [0.3, 0.4) is 0 Å². The second-order valence-corrected chi connectivity index (χ2v) is 8.25. The monoisotopic (exact) mass is 415 g/mol. The summed E-state index contributed by atoms with van der Waals surface area (Å²) in [5.74, 6) is 0.176. The van der Waals surface area contributed by atoms with Gasteiger partial charge in [-0.25, -0.2) is 4.68 Å². The molecule has 0 radical (unpaired) electrons. The van der Waals surface area contributed by atoms with Crippen molar-refractivity contribution >= 4 is 23.4 Å². The van der Waals surface area contributed by atoms with Gasteiger partial charge < -0.3 is 9.80 Å². The van der Waals surface area contributed by atoms with Crippen LogP contribution in [0.15, 0.2) is 30.5 Å². The summed E-state index contributed by atoms with van der Waals surface area (Å²) in [7, 11) is 0. The Morgan fingerprint density at radius 2 is 1.72 bits per heavy atom. The number of piperidine rings is 2. The fourth-order valence-electron chi connectivity index (χ4n) is 4.14. The number of carbonyl (C=O) groups excluding carboxylic acids is 2. The molecule has 7 nitrogen and oxygen atoms in total. The average Bonchev–Trinajstić information content (AvgIpc) is 3.24. The number of amides is 2. The maximum atomic E-state index is 12.8. The molecule has 2 amide bonds. The number of benzene rings is 1. The predicted molar refractivity (Wildman–Crippen MR) is 110 cm³/mol. The van der Waals surface area contributed by atoms with Gasteiger partial charge in [-0.2, -0.15) is 0 Å². The van der Waals surface area contributed by atoms with Crippen molar-refractivity contribution in [3.05, 3.63) is 46.7 Å². The summed E-state index contributed by atoms with van der Waals surface area (Å²) in [4.78, 5) is 29.3. The van der Waals surface area contributed by atoms with E-state index in [-0.39, 0.29) is 17.7 Å². The smallest absolute Gasteiger partial charge is 0.276 e. The van der Waals surface area contributed by atoms with Gasteiger partial charge in [0.1, 0.15) is 0 Å². The summed E-state index contributed by atoms with van der Waals surface area (Å²) in [5.41, 5.74) is 1.26. The van der Waals surface area contributed by atoms with E-state index in [0.717, 1.165) is 44.3 Å². The van der Waals surface area contributed by atoms with Crippen LogP contribution in [0.1, 0.15) is 48.2 Å². The third-order valence-electron chi connectivity index (χ3n) is 5.85. The van der Waals surface area contributed by atoms with Crippen LogP contribution in [-0.2, 0) is 11.3 Å². The zero-order chi connectivity index (χ0) is 20.2. The van der Waals surface area contributed by atoms with Crippen LogP contribution >= 0.6 is 11.6 Å². The number of nitrogens with zero attached hydrogens (tertiary/aromatic N) is 5. The van der Waals surface area contributed by atoms with Crippen molar-refractivity contribution in [2.75, 3.05) is 26.2 Å². The lowest BCUT2D eigenvalue weighted by atomic mass is 9.94. The molecule has 0 aliphatic carbocycles. The average molecular weight is 416 g/mol. The molecule has 2 aliphatic heterocycles. The van der Waals surface area contributed by atoms with E-state index >= 15 is 0 Å². The van der Waals surface area contributed by atoms with Crippen molar-refractivity contribution < 1.29 is 9.59 Å². The zero-order valence-electron chi connectivity index (χ0n) is 16.5. The molecule has 0 spiro atoms. The molecule has 154 valence electrons. The molecular formula is C21H26ClN5O2. The molecule has 0 bridgehead atoms. The van der Waals surface area contributed by atoms with Gasteiger partial charge in [0.25, 0.3) is 5.91 Å². The highest BCUT2D eigenvalue weighted by Gasteiger charge is 2.31. The molecule has 29 heavy (non-hydrogen) atoms. The van der Waals surface area contributed by atoms with Gasteiger partial charge in [-0.05, 0) is 43.7 Å². The first-order valence-corrected chi connectivity index (χ1v) is 10.7. The maximum Gasteiger partial charge on any atom is 0.276 e. The second-order valence-electron chi connectivity index (χ2n) is 7.85. The Balaban J connectivity index is 1.32. The van der Waals surface area contributed by atoms with E-state index in [1.807, 2.05) is 29.2 Å². The van der Waals surface area contributed by atoms with Crippen molar-refractivity contribution in [1.82, 2.24) is 24.8 Å². The third kappa shape index (κ3) is 4.61. The second kappa shape index (κ2) is 8.95. The maximum absolute atomic E-state index is 12.8. The molecule has 1 aromatic carbocycles.